The summed E-state index contributed by atoms with van der Waals surface area (Å²) >= 11 is -0.826. The maximum absolute atomic E-state index is 4.93. The first-order valence-corrected chi connectivity index (χ1v) is 25.5. The zero-order valence-corrected chi connectivity index (χ0v) is 25.0. The summed E-state index contributed by atoms with van der Waals surface area (Å²) in [5.41, 5.74) is 6.63. The van der Waals surface area contributed by atoms with Gasteiger partial charge in [-0.05, 0) is 59.7 Å². The molecule has 6 heteroatoms. The predicted molar refractivity (Wildman–Crippen MR) is 124 cm³/mol. The molecule has 0 heterocycles. The van der Waals surface area contributed by atoms with Gasteiger partial charge in [0.2, 0.25) is 0 Å². The fourth-order valence-electron chi connectivity index (χ4n) is 4.25. The van der Waals surface area contributed by atoms with Crippen molar-refractivity contribution in [3.8, 4) is 0 Å². The second-order valence-corrected chi connectivity index (χ2v) is 27.9. The molecule has 0 aliphatic heterocycles. The Labute approximate surface area is 186 Å². The van der Waals surface area contributed by atoms with E-state index in [0.717, 1.165) is 0 Å². The van der Waals surface area contributed by atoms with Gasteiger partial charge in [-0.2, -0.15) is 0 Å². The average Bonchev–Trinajstić information content (AvgIpc) is 3.02. The second kappa shape index (κ2) is 9.95. The molecule has 2 aliphatic rings. The van der Waals surface area contributed by atoms with Crippen molar-refractivity contribution < 1.29 is 20.8 Å². The van der Waals surface area contributed by atoms with Crippen LogP contribution in [0.1, 0.15) is 13.8 Å². The van der Waals surface area contributed by atoms with Crippen molar-refractivity contribution in [3.05, 3.63) is 59.7 Å². The molecule has 0 amide bonds. The van der Waals surface area contributed by atoms with Crippen molar-refractivity contribution in [3.63, 3.8) is 0 Å². The van der Waals surface area contributed by atoms with Crippen LogP contribution in [0.2, 0.25) is 52.4 Å². The first kappa shape index (κ1) is 26.1. The Kier molecular flexibility index (Phi) is 10.0. The number of rotatable bonds is 4. The summed E-state index contributed by atoms with van der Waals surface area (Å²) in [6, 6.07) is 0. The van der Waals surface area contributed by atoms with Crippen LogP contribution in [0.25, 0.3) is 0 Å². The molecule has 0 bridgehead atoms. The summed E-state index contributed by atoms with van der Waals surface area (Å²) < 4.78 is 0. The van der Waals surface area contributed by atoms with Crippen LogP contribution >= 0.6 is 17.0 Å². The first-order chi connectivity index (χ1) is 11.7. The third kappa shape index (κ3) is 6.06. The van der Waals surface area contributed by atoms with E-state index in [9.17, 15) is 0 Å². The van der Waals surface area contributed by atoms with Crippen LogP contribution in [0, 0.1) is 59.7 Å². The SMILES string of the molecule is C[C]1[C]([Si](C)(C)C)[CH][CH][C]1[Si](C)(C)[C]1[CH][CH][C]([Si](C)(C)C)[C]1C.[Cl][Zr+2][Cl]. The van der Waals surface area contributed by atoms with Gasteiger partial charge >= 0.3 is 37.9 Å². The van der Waals surface area contributed by atoms with Gasteiger partial charge in [0.25, 0.3) is 0 Å². The van der Waals surface area contributed by atoms with Crippen LogP contribution < -0.4 is 0 Å². The molecule has 10 radical (unpaired) electrons. The Hall–Kier alpha value is 2.11. The van der Waals surface area contributed by atoms with Crippen LogP contribution in [0.5, 0.6) is 0 Å². The Balaban J connectivity index is 0.00000105. The minimum atomic E-state index is -1.62. The average molecular weight is 521 g/mol. The van der Waals surface area contributed by atoms with Gasteiger partial charge in [0.05, 0.1) is 24.2 Å². The van der Waals surface area contributed by atoms with E-state index in [-0.39, 0.29) is 0 Å². The van der Waals surface area contributed by atoms with E-state index in [4.69, 9.17) is 17.0 Å². The Morgan fingerprint density at radius 1 is 0.577 bits per heavy atom. The molecule has 0 aromatic rings. The van der Waals surface area contributed by atoms with Gasteiger partial charge in [0, 0.05) is 0 Å². The summed E-state index contributed by atoms with van der Waals surface area (Å²) in [6.07, 6.45) is 9.78. The molecule has 0 N–H and O–H groups in total. The van der Waals surface area contributed by atoms with Crippen LogP contribution in [0.15, 0.2) is 0 Å². The van der Waals surface area contributed by atoms with Gasteiger partial charge in [0.15, 0.2) is 0 Å². The third-order valence-electron chi connectivity index (χ3n) is 5.41. The predicted octanol–water partition coefficient (Wildman–Crippen LogP) is 7.24. The molecule has 0 atom stereocenters. The van der Waals surface area contributed by atoms with Gasteiger partial charge in [-0.15, -0.1) is 0 Å². The molecule has 0 aromatic carbocycles. The Morgan fingerprint density at radius 3 is 1.00 bits per heavy atom. The van der Waals surface area contributed by atoms with Gasteiger partial charge < -0.3 is 0 Å². The number of hydrogen-bond donors (Lipinski definition) is 0. The van der Waals surface area contributed by atoms with E-state index in [1.807, 2.05) is 0 Å². The topological polar surface area (TPSA) is 0 Å². The van der Waals surface area contributed by atoms with Crippen LogP contribution in [0.4, 0.5) is 0 Å². The summed E-state index contributed by atoms with van der Waals surface area (Å²) in [4.78, 5) is 0. The van der Waals surface area contributed by atoms with Gasteiger partial charge in [0.1, 0.15) is 0 Å². The Bertz CT molecular complexity index is 407. The van der Waals surface area contributed by atoms with E-state index in [1.54, 1.807) is 34.0 Å². The molecular formula is C20H34Cl2Si3Zr+2. The minimum absolute atomic E-state index is 0.826. The quantitative estimate of drug-likeness (QED) is 0.343. The number of hydrogen-bond acceptors (Lipinski definition) is 0. The van der Waals surface area contributed by atoms with Crippen molar-refractivity contribution in [2.45, 2.75) is 66.2 Å². The zero-order chi connectivity index (χ0) is 20.5. The zero-order valence-electron chi connectivity index (χ0n) is 18.1. The van der Waals surface area contributed by atoms with Crippen molar-refractivity contribution in [1.29, 1.82) is 0 Å². The molecule has 26 heavy (non-hydrogen) atoms. The standard InChI is InChI=1S/C20H34Si3.2ClH.Zr/c1-15-17(21(3,4)5)11-13-19(15)23(9,10)20-14-12-18(16(20)2)22(6,7)8;;;/h11-14H,1-10H3;2*1H;/q;;;+4/p-2. The van der Waals surface area contributed by atoms with Crippen LogP contribution in [-0.4, -0.2) is 24.2 Å². The van der Waals surface area contributed by atoms with E-state index in [0.29, 0.717) is 0 Å². The third-order valence-corrected chi connectivity index (χ3v) is 13.5. The molecule has 142 valence electrons. The molecule has 0 unspecified atom stereocenters. The molecule has 0 saturated heterocycles. The van der Waals surface area contributed by atoms with E-state index >= 15 is 0 Å². The first-order valence-electron chi connectivity index (χ1n) is 9.20. The molecular weight excluding hydrogens is 487 g/mol. The molecule has 0 nitrogen and oxygen atoms in total. The molecule has 0 spiro atoms. The summed E-state index contributed by atoms with van der Waals surface area (Å²) in [7, 11) is 5.76. The fraction of sp³-hybridized carbons (Fsp3) is 0.500. The number of halogens is 2. The van der Waals surface area contributed by atoms with Crippen molar-refractivity contribution >= 4 is 41.2 Å². The van der Waals surface area contributed by atoms with Gasteiger partial charge in [-0.3, -0.25) is 0 Å². The normalized spacial score (nSPS) is 23.2. The van der Waals surface area contributed by atoms with Gasteiger partial charge in [-0.1, -0.05) is 66.2 Å². The van der Waals surface area contributed by atoms with E-state index in [1.165, 1.54) is 0 Å². The second-order valence-electron chi connectivity index (χ2n) is 9.77. The monoisotopic (exact) mass is 518 g/mol. The summed E-state index contributed by atoms with van der Waals surface area (Å²) in [6.45, 7) is 24.6. The molecule has 2 rings (SSSR count). The Morgan fingerprint density at radius 2 is 0.808 bits per heavy atom. The van der Waals surface area contributed by atoms with Crippen LogP contribution in [-0.2, 0) is 20.8 Å². The molecule has 2 saturated carbocycles. The van der Waals surface area contributed by atoms with E-state index in [2.05, 4.69) is 91.9 Å². The van der Waals surface area contributed by atoms with Crippen molar-refractivity contribution in [2.75, 3.05) is 0 Å². The van der Waals surface area contributed by atoms with Gasteiger partial charge in [-0.25, -0.2) is 0 Å². The summed E-state index contributed by atoms with van der Waals surface area (Å²) in [5, 5.41) is 0. The fourth-order valence-corrected chi connectivity index (χ4v) is 11.6. The van der Waals surface area contributed by atoms with Crippen LogP contribution in [0.3, 0.4) is 0 Å². The maximum atomic E-state index is 4.93. The molecule has 0 aromatic heterocycles. The molecule has 2 aliphatic carbocycles. The van der Waals surface area contributed by atoms with Crippen molar-refractivity contribution in [1.82, 2.24) is 0 Å². The van der Waals surface area contributed by atoms with Crippen molar-refractivity contribution in [2.24, 2.45) is 0 Å². The summed E-state index contributed by atoms with van der Waals surface area (Å²) in [5.74, 6) is 3.19. The molecule has 2 fully saturated rings. The van der Waals surface area contributed by atoms with E-state index < -0.39 is 45.1 Å².